The van der Waals surface area contributed by atoms with E-state index in [2.05, 4.69) is 11.2 Å². The average Bonchev–Trinajstić information content (AvgIpc) is 2.93. The molecule has 2 fully saturated rings. The van der Waals surface area contributed by atoms with Crippen LogP contribution in [0.25, 0.3) is 0 Å². The van der Waals surface area contributed by atoms with Crippen molar-refractivity contribution in [3.63, 3.8) is 0 Å². The molecule has 2 aliphatic heterocycles. The number of aryl methyl sites for hydroxylation is 1. The molecule has 10 nitrogen and oxygen atoms in total. The van der Waals surface area contributed by atoms with Gasteiger partial charge in [0.15, 0.2) is 0 Å². The largest absolute Gasteiger partial charge is 0.481 e. The fourth-order valence-corrected chi connectivity index (χ4v) is 5.15. The lowest BCUT2D eigenvalue weighted by Gasteiger charge is -2.54. The smallest absolute Gasteiger partial charge is 0.334 e. The summed E-state index contributed by atoms with van der Waals surface area (Å²) in [6.07, 6.45) is 5.87. The molecule has 2 aliphatic rings. The van der Waals surface area contributed by atoms with Gasteiger partial charge in [-0.05, 0) is 30.4 Å². The van der Waals surface area contributed by atoms with Gasteiger partial charge in [0, 0.05) is 19.5 Å². The Balaban J connectivity index is 1.58. The number of carbonyl (C=O) groups is 4. The number of urea groups is 1. The predicted octanol–water partition coefficient (Wildman–Crippen LogP) is 1.93. The fraction of sp³-hybridized carbons (Fsp3) is 0.379. The van der Waals surface area contributed by atoms with E-state index < -0.39 is 24.2 Å². The highest BCUT2D eigenvalue weighted by Gasteiger charge is 2.51. The third-order valence-corrected chi connectivity index (χ3v) is 6.97. The summed E-state index contributed by atoms with van der Waals surface area (Å²) in [7, 11) is 0. The summed E-state index contributed by atoms with van der Waals surface area (Å²) in [5.74, 6) is 0.785. The van der Waals surface area contributed by atoms with Crippen LogP contribution in [0.3, 0.4) is 0 Å². The molecule has 10 heteroatoms. The fourth-order valence-electron chi connectivity index (χ4n) is 5.15. The monoisotopic (exact) mass is 531 g/mol. The van der Waals surface area contributed by atoms with Gasteiger partial charge in [0.2, 0.25) is 11.8 Å². The molecule has 0 saturated carbocycles. The summed E-state index contributed by atoms with van der Waals surface area (Å²) >= 11 is 0. The van der Waals surface area contributed by atoms with E-state index in [0.717, 1.165) is 17.5 Å². The number of fused-ring (bicyclic) bond motifs is 1. The molecule has 204 valence electrons. The average molecular weight is 532 g/mol. The summed E-state index contributed by atoms with van der Waals surface area (Å²) < 4.78 is 0. The zero-order chi connectivity index (χ0) is 27.8. The maximum absolute atomic E-state index is 13.5. The number of amides is 4. The molecule has 2 heterocycles. The lowest BCUT2D eigenvalue weighted by Crippen LogP contribution is -2.76. The number of rotatable bonds is 10. The first-order valence-corrected chi connectivity index (χ1v) is 13.0. The van der Waals surface area contributed by atoms with Gasteiger partial charge in [0.05, 0.1) is 19.6 Å². The van der Waals surface area contributed by atoms with E-state index in [0.29, 0.717) is 13.0 Å². The van der Waals surface area contributed by atoms with E-state index in [-0.39, 0.29) is 50.8 Å². The molecule has 2 atom stereocenters. The van der Waals surface area contributed by atoms with Gasteiger partial charge in [0.25, 0.3) is 0 Å². The highest BCUT2D eigenvalue weighted by atomic mass is 16.4. The number of nitrogens with one attached hydrogen (secondary N) is 1. The topological polar surface area (TPSA) is 114 Å². The third kappa shape index (κ3) is 6.75. The Morgan fingerprint density at radius 3 is 2.33 bits per heavy atom. The maximum atomic E-state index is 13.5. The summed E-state index contributed by atoms with van der Waals surface area (Å²) in [5.41, 5.74) is 2.04. The van der Waals surface area contributed by atoms with Crippen LogP contribution in [0.2, 0.25) is 0 Å². The Labute approximate surface area is 228 Å². The molecule has 2 N–H and O–H groups in total. The van der Waals surface area contributed by atoms with Crippen LogP contribution in [0, 0.1) is 12.3 Å². The maximum Gasteiger partial charge on any atom is 0.334 e. The van der Waals surface area contributed by atoms with Gasteiger partial charge < -0.3 is 20.2 Å². The van der Waals surface area contributed by atoms with Crippen LogP contribution in [-0.2, 0) is 27.3 Å². The molecular formula is C29H33N5O5. The zero-order valence-corrected chi connectivity index (χ0v) is 21.7. The molecule has 39 heavy (non-hydrogen) atoms. The molecule has 2 aromatic rings. The molecule has 0 aliphatic carbocycles. The van der Waals surface area contributed by atoms with Crippen LogP contribution in [0.15, 0.2) is 60.7 Å². The second-order valence-corrected chi connectivity index (χ2v) is 9.62. The van der Waals surface area contributed by atoms with Gasteiger partial charge in [0.1, 0.15) is 12.2 Å². The van der Waals surface area contributed by atoms with Crippen molar-refractivity contribution in [2.24, 2.45) is 0 Å². The van der Waals surface area contributed by atoms with Crippen molar-refractivity contribution in [3.8, 4) is 12.3 Å². The predicted molar refractivity (Wildman–Crippen MR) is 144 cm³/mol. The van der Waals surface area contributed by atoms with Crippen LogP contribution in [0.4, 0.5) is 4.79 Å². The minimum absolute atomic E-state index is 0.0244. The molecule has 0 aromatic heterocycles. The van der Waals surface area contributed by atoms with E-state index in [1.807, 2.05) is 60.7 Å². The Bertz CT molecular complexity index is 1220. The number of hydrazine groups is 1. The molecule has 0 spiro atoms. The molecule has 0 radical (unpaired) electrons. The quantitative estimate of drug-likeness (QED) is 0.453. The lowest BCUT2D eigenvalue weighted by molar-refractivity contribution is -0.189. The molecule has 0 bridgehead atoms. The first kappa shape index (κ1) is 27.7. The first-order valence-electron chi connectivity index (χ1n) is 13.0. The molecule has 4 rings (SSSR count). The highest BCUT2D eigenvalue weighted by molar-refractivity contribution is 5.91. The number of hydrogen-bond acceptors (Lipinski definition) is 5. The minimum Gasteiger partial charge on any atom is -0.481 e. The van der Waals surface area contributed by atoms with Crippen LogP contribution in [0.1, 0.15) is 30.4 Å². The van der Waals surface area contributed by atoms with Gasteiger partial charge in [-0.2, -0.15) is 5.01 Å². The van der Waals surface area contributed by atoms with Gasteiger partial charge >= 0.3 is 12.0 Å². The summed E-state index contributed by atoms with van der Waals surface area (Å²) in [5, 5.41) is 15.2. The number of aliphatic carboxylic acids is 1. The van der Waals surface area contributed by atoms with Crippen molar-refractivity contribution >= 4 is 23.8 Å². The third-order valence-electron chi connectivity index (χ3n) is 6.97. The summed E-state index contributed by atoms with van der Waals surface area (Å²) in [6.45, 7) is 0.608. The van der Waals surface area contributed by atoms with Crippen molar-refractivity contribution in [2.75, 3.05) is 26.2 Å². The van der Waals surface area contributed by atoms with Crippen molar-refractivity contribution in [3.05, 3.63) is 71.8 Å². The van der Waals surface area contributed by atoms with Crippen LogP contribution in [-0.4, -0.2) is 87.1 Å². The molecule has 4 amide bonds. The van der Waals surface area contributed by atoms with Gasteiger partial charge in [-0.15, -0.1) is 6.42 Å². The normalized spacial score (nSPS) is 19.4. The van der Waals surface area contributed by atoms with E-state index in [9.17, 15) is 24.3 Å². The highest BCUT2D eigenvalue weighted by Crippen LogP contribution is 2.28. The Kier molecular flexibility index (Phi) is 9.18. The number of terminal acetylenes is 1. The van der Waals surface area contributed by atoms with Gasteiger partial charge in [-0.1, -0.05) is 66.6 Å². The van der Waals surface area contributed by atoms with Crippen molar-refractivity contribution in [1.82, 2.24) is 25.1 Å². The molecule has 2 aromatic carbocycles. The SMILES string of the molecule is C#CCN1CC(=O)N2[C@@H](CCC(=O)O)C(=O)N(CCCc3ccccc3)C[C@@H]2N1C(=O)NCc1ccccc1. The molecule has 2 saturated heterocycles. The second kappa shape index (κ2) is 12.9. The lowest BCUT2D eigenvalue weighted by atomic mass is 10.0. The number of carboxylic acids is 1. The number of carboxylic acid groups (broad SMARTS) is 1. The van der Waals surface area contributed by atoms with Crippen LogP contribution >= 0.6 is 0 Å². The van der Waals surface area contributed by atoms with E-state index in [1.54, 1.807) is 4.90 Å². The van der Waals surface area contributed by atoms with Gasteiger partial charge in [-0.3, -0.25) is 14.4 Å². The molecular weight excluding hydrogens is 498 g/mol. The van der Waals surface area contributed by atoms with E-state index in [1.165, 1.54) is 14.9 Å². The number of hydrogen-bond donors (Lipinski definition) is 2. The first-order chi connectivity index (χ1) is 18.9. The number of benzene rings is 2. The van der Waals surface area contributed by atoms with Crippen molar-refractivity contribution in [1.29, 1.82) is 0 Å². The van der Waals surface area contributed by atoms with Gasteiger partial charge in [-0.25, -0.2) is 9.80 Å². The second-order valence-electron chi connectivity index (χ2n) is 9.62. The Hall–Kier alpha value is -4.36. The van der Waals surface area contributed by atoms with E-state index in [4.69, 9.17) is 6.42 Å². The zero-order valence-electron chi connectivity index (χ0n) is 21.7. The van der Waals surface area contributed by atoms with E-state index >= 15 is 0 Å². The molecule has 0 unspecified atom stereocenters. The Morgan fingerprint density at radius 2 is 1.69 bits per heavy atom. The standard InChI is InChI=1S/C29H33N5O5/c1-2-17-32-21-26(35)33-24(15-16-27(36)37)28(38)31(18-9-14-22-10-5-3-6-11-22)20-25(33)34(32)29(39)30-19-23-12-7-4-8-13-23/h1,3-8,10-13,24-25H,9,14-21H2,(H,30,39)(H,36,37)/t24-,25-/m0/s1. The minimum atomic E-state index is -1.06. The number of carbonyl (C=O) groups excluding carboxylic acids is 3. The number of piperazine rings is 1. The van der Waals surface area contributed by atoms with Crippen LogP contribution < -0.4 is 5.32 Å². The summed E-state index contributed by atoms with van der Waals surface area (Å²) in [6, 6.07) is 17.9. The number of nitrogens with zero attached hydrogens (tertiary/aromatic N) is 4. The summed E-state index contributed by atoms with van der Waals surface area (Å²) in [4.78, 5) is 54.8. The van der Waals surface area contributed by atoms with Crippen LogP contribution in [0.5, 0.6) is 0 Å². The van der Waals surface area contributed by atoms with Crippen molar-refractivity contribution < 1.29 is 24.3 Å². The van der Waals surface area contributed by atoms with Crippen molar-refractivity contribution in [2.45, 2.75) is 44.4 Å². The Morgan fingerprint density at radius 1 is 1.03 bits per heavy atom.